The van der Waals surface area contributed by atoms with Crippen LogP contribution in [0.2, 0.25) is 5.02 Å². The van der Waals surface area contributed by atoms with Crippen molar-refractivity contribution in [2.75, 3.05) is 13.7 Å². The van der Waals surface area contributed by atoms with Crippen molar-refractivity contribution in [3.8, 4) is 0 Å². The second-order valence-electron chi connectivity index (χ2n) is 10.4. The average Bonchev–Trinajstić information content (AvgIpc) is 3.02. The van der Waals surface area contributed by atoms with Gasteiger partial charge in [0.05, 0.1) is 32.5 Å². The molecule has 0 N–H and O–H groups in total. The predicted molar refractivity (Wildman–Crippen MR) is 161 cm³/mol. The quantitative estimate of drug-likeness (QED) is 0.167. The van der Waals surface area contributed by atoms with Crippen LogP contribution in [0.5, 0.6) is 0 Å². The van der Waals surface area contributed by atoms with Crippen LogP contribution in [-0.2, 0) is 49.9 Å². The van der Waals surface area contributed by atoms with Crippen molar-refractivity contribution in [3.05, 3.63) is 143 Å². The molecule has 0 unspecified atom stereocenters. The van der Waals surface area contributed by atoms with Gasteiger partial charge < -0.3 is 23.7 Å². The normalized spacial score (nSPS) is 22.4. The van der Waals surface area contributed by atoms with Crippen LogP contribution in [0.3, 0.4) is 0 Å². The molecule has 1 heterocycles. The molecule has 0 aliphatic carbocycles. The molecule has 6 heteroatoms. The van der Waals surface area contributed by atoms with Gasteiger partial charge in [0.1, 0.15) is 12.2 Å². The third-order valence-corrected chi connectivity index (χ3v) is 7.61. The Kier molecular flexibility index (Phi) is 10.6. The van der Waals surface area contributed by atoms with Gasteiger partial charge in [-0.1, -0.05) is 115 Å². The summed E-state index contributed by atoms with van der Waals surface area (Å²) in [5.41, 5.74) is 4.34. The molecule has 0 bridgehead atoms. The first-order valence-corrected chi connectivity index (χ1v) is 14.4. The highest BCUT2D eigenvalue weighted by Gasteiger charge is 2.49. The third-order valence-electron chi connectivity index (χ3n) is 7.36. The van der Waals surface area contributed by atoms with Crippen LogP contribution in [0.1, 0.15) is 28.7 Å². The maximum absolute atomic E-state index is 6.79. The van der Waals surface area contributed by atoms with Crippen LogP contribution < -0.4 is 0 Å². The third kappa shape index (κ3) is 8.49. The minimum atomic E-state index is -0.928. The first kappa shape index (κ1) is 29.5. The van der Waals surface area contributed by atoms with E-state index in [1.165, 1.54) is 0 Å². The molecule has 0 radical (unpaired) electrons. The van der Waals surface area contributed by atoms with Crippen LogP contribution in [0, 0.1) is 0 Å². The summed E-state index contributed by atoms with van der Waals surface area (Å²) in [6.07, 6.45) is -0.0716. The van der Waals surface area contributed by atoms with Crippen LogP contribution in [0.25, 0.3) is 0 Å². The fraction of sp³-hybridized carbons (Fsp3) is 0.314. The molecule has 5 rings (SSSR count). The van der Waals surface area contributed by atoms with E-state index in [1.54, 1.807) is 7.11 Å². The number of hydrogen-bond acceptors (Lipinski definition) is 5. The van der Waals surface area contributed by atoms with Gasteiger partial charge in [0.2, 0.25) is 0 Å². The standard InChI is InChI=1S/C35H37ClO5/c1-37-35(21-27-17-19-31(36)20-18-27)22-32(39-24-29-13-7-3-8-14-29)34(40-25-30-15-9-4-10-16-30)33(41-35)26-38-23-28-11-5-2-6-12-28/h2-20,32-34H,21-26H2,1H3/t32-,33-,34-,35+/m1/s1. The first-order valence-electron chi connectivity index (χ1n) is 14.0. The summed E-state index contributed by atoms with van der Waals surface area (Å²) < 4.78 is 32.4. The van der Waals surface area contributed by atoms with Gasteiger partial charge in [-0.3, -0.25) is 0 Å². The average molecular weight is 573 g/mol. The Hall–Kier alpha value is -3.03. The summed E-state index contributed by atoms with van der Waals surface area (Å²) in [4.78, 5) is 0. The molecule has 1 aliphatic heterocycles. The van der Waals surface area contributed by atoms with Crippen molar-refractivity contribution in [2.24, 2.45) is 0 Å². The van der Waals surface area contributed by atoms with E-state index in [0.717, 1.165) is 22.3 Å². The molecule has 4 atom stereocenters. The lowest BCUT2D eigenvalue weighted by atomic mass is 9.90. The van der Waals surface area contributed by atoms with Crippen molar-refractivity contribution in [1.82, 2.24) is 0 Å². The lowest BCUT2D eigenvalue weighted by Crippen LogP contribution is -2.59. The van der Waals surface area contributed by atoms with E-state index in [4.69, 9.17) is 35.3 Å². The van der Waals surface area contributed by atoms with Gasteiger partial charge in [0.15, 0.2) is 5.79 Å². The fourth-order valence-electron chi connectivity index (χ4n) is 5.19. The molecule has 1 saturated heterocycles. The van der Waals surface area contributed by atoms with Gasteiger partial charge in [0.25, 0.3) is 0 Å². The molecule has 0 saturated carbocycles. The minimum Gasteiger partial charge on any atom is -0.374 e. The molecule has 0 aromatic heterocycles. The van der Waals surface area contributed by atoms with Gasteiger partial charge in [-0.15, -0.1) is 0 Å². The Bertz CT molecular complexity index is 1300. The summed E-state index contributed by atoms with van der Waals surface area (Å²) in [7, 11) is 1.69. The van der Waals surface area contributed by atoms with Gasteiger partial charge in [-0.05, 0) is 34.4 Å². The Balaban J connectivity index is 1.40. The summed E-state index contributed by atoms with van der Waals surface area (Å²) in [5.74, 6) is -0.928. The Morgan fingerprint density at radius 3 is 1.78 bits per heavy atom. The Morgan fingerprint density at radius 1 is 0.683 bits per heavy atom. The van der Waals surface area contributed by atoms with E-state index >= 15 is 0 Å². The lowest BCUT2D eigenvalue weighted by molar-refractivity contribution is -0.328. The minimum absolute atomic E-state index is 0.301. The maximum atomic E-state index is 6.79. The zero-order valence-corrected chi connectivity index (χ0v) is 24.1. The monoisotopic (exact) mass is 572 g/mol. The van der Waals surface area contributed by atoms with Crippen molar-refractivity contribution < 1.29 is 23.7 Å². The maximum Gasteiger partial charge on any atom is 0.175 e. The number of benzene rings is 4. The fourth-order valence-corrected chi connectivity index (χ4v) is 5.32. The van der Waals surface area contributed by atoms with E-state index in [9.17, 15) is 0 Å². The zero-order valence-electron chi connectivity index (χ0n) is 23.4. The lowest BCUT2D eigenvalue weighted by Gasteiger charge is -2.47. The molecule has 1 aliphatic rings. The van der Waals surface area contributed by atoms with E-state index < -0.39 is 11.9 Å². The molecule has 41 heavy (non-hydrogen) atoms. The molecule has 0 amide bonds. The highest BCUT2D eigenvalue weighted by Crippen LogP contribution is 2.37. The van der Waals surface area contributed by atoms with Crippen molar-refractivity contribution in [2.45, 2.75) is 56.8 Å². The molecule has 214 valence electrons. The van der Waals surface area contributed by atoms with Crippen molar-refractivity contribution >= 4 is 11.6 Å². The molecular formula is C35H37ClO5. The van der Waals surface area contributed by atoms with Crippen molar-refractivity contribution in [3.63, 3.8) is 0 Å². The topological polar surface area (TPSA) is 46.2 Å². The molecule has 0 spiro atoms. The summed E-state index contributed by atoms with van der Waals surface area (Å²) >= 11 is 6.17. The van der Waals surface area contributed by atoms with E-state index in [0.29, 0.717) is 44.3 Å². The summed E-state index contributed by atoms with van der Waals surface area (Å²) in [6.45, 7) is 1.69. The van der Waals surface area contributed by atoms with Gasteiger partial charge in [0, 0.05) is 25.0 Å². The number of hydrogen-bond donors (Lipinski definition) is 0. The van der Waals surface area contributed by atoms with Crippen LogP contribution in [0.15, 0.2) is 115 Å². The van der Waals surface area contributed by atoms with Crippen LogP contribution >= 0.6 is 11.6 Å². The molecule has 5 nitrogen and oxygen atoms in total. The predicted octanol–water partition coefficient (Wildman–Crippen LogP) is 7.40. The number of rotatable bonds is 13. The molecular weight excluding hydrogens is 536 g/mol. The molecule has 4 aromatic rings. The highest BCUT2D eigenvalue weighted by molar-refractivity contribution is 6.30. The smallest absolute Gasteiger partial charge is 0.175 e. The molecule has 4 aromatic carbocycles. The number of methoxy groups -OCH3 is 1. The zero-order chi connectivity index (χ0) is 28.3. The highest BCUT2D eigenvalue weighted by atomic mass is 35.5. The van der Waals surface area contributed by atoms with Crippen LogP contribution in [-0.4, -0.2) is 37.8 Å². The SMILES string of the molecule is CO[C@]1(Cc2ccc(Cl)cc2)C[C@@H](OCc2ccccc2)[C@@H](OCc2ccccc2)[C@@H](COCc2ccccc2)O1. The number of halogens is 1. The van der Waals surface area contributed by atoms with Gasteiger partial charge >= 0.3 is 0 Å². The summed E-state index contributed by atoms with van der Waals surface area (Å²) in [5, 5.41) is 0.690. The van der Waals surface area contributed by atoms with E-state index in [2.05, 4.69) is 36.4 Å². The molecule has 1 fully saturated rings. The number of ether oxygens (including phenoxy) is 5. The van der Waals surface area contributed by atoms with Crippen molar-refractivity contribution in [1.29, 1.82) is 0 Å². The van der Waals surface area contributed by atoms with Gasteiger partial charge in [-0.2, -0.15) is 0 Å². The second kappa shape index (κ2) is 14.7. The first-order chi connectivity index (χ1) is 20.1. The van der Waals surface area contributed by atoms with Gasteiger partial charge in [-0.25, -0.2) is 0 Å². The van der Waals surface area contributed by atoms with Crippen LogP contribution in [0.4, 0.5) is 0 Å². The largest absolute Gasteiger partial charge is 0.374 e. The van der Waals surface area contributed by atoms with E-state index in [1.807, 2.05) is 78.9 Å². The second-order valence-corrected chi connectivity index (χ2v) is 10.8. The Morgan fingerprint density at radius 2 is 1.22 bits per heavy atom. The summed E-state index contributed by atoms with van der Waals surface area (Å²) in [6, 6.07) is 38.2. The Labute approximate surface area is 247 Å². The van der Waals surface area contributed by atoms with E-state index in [-0.39, 0.29) is 12.2 Å².